The first-order chi connectivity index (χ1) is 16.1. The largest absolute Gasteiger partial charge is 0.495 e. The van der Waals surface area contributed by atoms with E-state index in [9.17, 15) is 22.4 Å². The van der Waals surface area contributed by atoms with Crippen LogP contribution in [0.5, 0.6) is 5.75 Å². The van der Waals surface area contributed by atoms with Crippen molar-refractivity contribution < 1.29 is 31.8 Å². The molecule has 8 nitrogen and oxygen atoms in total. The van der Waals surface area contributed by atoms with Crippen LogP contribution in [0.25, 0.3) is 0 Å². The molecule has 0 unspecified atom stereocenters. The average molecular weight is 485 g/mol. The predicted molar refractivity (Wildman–Crippen MR) is 117 cm³/mol. The SMILES string of the molecule is COCCN1CCC(NC(=O)c2cc(OC)c(Nc3ncc(C(F)(F)F)c(C)n3)cc2F)CC1. The summed E-state index contributed by atoms with van der Waals surface area (Å²) in [5, 5.41) is 5.51. The Balaban J connectivity index is 1.70. The van der Waals surface area contributed by atoms with Gasteiger partial charge in [0, 0.05) is 45.0 Å². The highest BCUT2D eigenvalue weighted by molar-refractivity contribution is 5.96. The summed E-state index contributed by atoms with van der Waals surface area (Å²) in [7, 11) is 2.98. The number of hydrogen-bond donors (Lipinski definition) is 2. The summed E-state index contributed by atoms with van der Waals surface area (Å²) < 4.78 is 63.9. The van der Waals surface area contributed by atoms with Crippen molar-refractivity contribution in [3.8, 4) is 5.75 Å². The minimum atomic E-state index is -4.58. The van der Waals surface area contributed by atoms with E-state index in [0.717, 1.165) is 38.5 Å². The fourth-order valence-corrected chi connectivity index (χ4v) is 3.70. The van der Waals surface area contributed by atoms with Crippen molar-refractivity contribution in [2.24, 2.45) is 0 Å². The number of likely N-dealkylation sites (tertiary alicyclic amines) is 1. The van der Waals surface area contributed by atoms with Crippen LogP contribution in [0.15, 0.2) is 18.3 Å². The van der Waals surface area contributed by atoms with E-state index < -0.39 is 23.5 Å². The van der Waals surface area contributed by atoms with Gasteiger partial charge in [0.05, 0.1) is 36.2 Å². The quantitative estimate of drug-likeness (QED) is 0.553. The molecule has 2 N–H and O–H groups in total. The molecule has 1 aromatic heterocycles. The Morgan fingerprint density at radius 3 is 2.53 bits per heavy atom. The summed E-state index contributed by atoms with van der Waals surface area (Å²) in [5.74, 6) is -1.44. The number of rotatable bonds is 8. The minimum absolute atomic E-state index is 0.0714. The maximum Gasteiger partial charge on any atom is 0.419 e. The zero-order valence-electron chi connectivity index (χ0n) is 19.1. The van der Waals surface area contributed by atoms with Gasteiger partial charge in [0.25, 0.3) is 5.91 Å². The Bertz CT molecular complexity index is 1010. The Labute approximate surface area is 194 Å². The van der Waals surface area contributed by atoms with Crippen molar-refractivity contribution in [3.63, 3.8) is 0 Å². The number of carbonyl (C=O) groups is 1. The normalized spacial score (nSPS) is 15.3. The molecule has 0 atom stereocenters. The molecule has 0 radical (unpaired) electrons. The fourth-order valence-electron chi connectivity index (χ4n) is 3.70. The molecule has 1 amide bonds. The molecule has 1 saturated heterocycles. The van der Waals surface area contributed by atoms with Gasteiger partial charge in [-0.1, -0.05) is 0 Å². The van der Waals surface area contributed by atoms with Gasteiger partial charge in [-0.2, -0.15) is 13.2 Å². The molecule has 34 heavy (non-hydrogen) atoms. The minimum Gasteiger partial charge on any atom is -0.495 e. The summed E-state index contributed by atoms with van der Waals surface area (Å²) >= 11 is 0. The lowest BCUT2D eigenvalue weighted by atomic mass is 10.0. The second-order valence-corrected chi connectivity index (χ2v) is 7.93. The van der Waals surface area contributed by atoms with Gasteiger partial charge >= 0.3 is 6.18 Å². The van der Waals surface area contributed by atoms with Gasteiger partial charge < -0.3 is 25.0 Å². The summed E-state index contributed by atoms with van der Waals surface area (Å²) in [4.78, 5) is 22.4. The zero-order valence-corrected chi connectivity index (χ0v) is 19.1. The van der Waals surface area contributed by atoms with Crippen LogP contribution in [0.1, 0.15) is 34.5 Å². The number of benzene rings is 1. The van der Waals surface area contributed by atoms with Gasteiger partial charge in [-0.25, -0.2) is 14.4 Å². The molecule has 1 aromatic carbocycles. The van der Waals surface area contributed by atoms with E-state index in [1.54, 1.807) is 7.11 Å². The number of aromatic nitrogens is 2. The summed E-state index contributed by atoms with van der Waals surface area (Å²) in [6.45, 7) is 4.26. The lowest BCUT2D eigenvalue weighted by molar-refractivity contribution is -0.138. The highest BCUT2D eigenvalue weighted by Crippen LogP contribution is 2.33. The van der Waals surface area contributed by atoms with Gasteiger partial charge in [0.1, 0.15) is 11.6 Å². The summed E-state index contributed by atoms with van der Waals surface area (Å²) in [6, 6.07) is 2.17. The van der Waals surface area contributed by atoms with Crippen molar-refractivity contribution in [2.75, 3.05) is 45.8 Å². The maximum absolute atomic E-state index is 14.8. The number of halogens is 4. The van der Waals surface area contributed by atoms with Crippen LogP contribution in [-0.2, 0) is 10.9 Å². The first-order valence-electron chi connectivity index (χ1n) is 10.7. The fraction of sp³-hybridized carbons (Fsp3) is 0.500. The topological polar surface area (TPSA) is 88.6 Å². The molecule has 1 aliphatic heterocycles. The molecule has 2 aromatic rings. The molecule has 0 spiro atoms. The summed E-state index contributed by atoms with van der Waals surface area (Å²) in [5.41, 5.74) is -1.38. The number of nitrogens with zero attached hydrogens (tertiary/aromatic N) is 3. The molecule has 0 saturated carbocycles. The number of piperidine rings is 1. The Kier molecular flexibility index (Phi) is 8.26. The smallest absolute Gasteiger partial charge is 0.419 e. The third kappa shape index (κ3) is 6.32. The van der Waals surface area contributed by atoms with E-state index in [1.165, 1.54) is 20.1 Å². The molecule has 1 fully saturated rings. The molecular formula is C22H27F4N5O3. The lowest BCUT2D eigenvalue weighted by Gasteiger charge is -2.32. The Morgan fingerprint density at radius 1 is 1.24 bits per heavy atom. The van der Waals surface area contributed by atoms with Gasteiger partial charge in [0.15, 0.2) is 0 Å². The van der Waals surface area contributed by atoms with Gasteiger partial charge in [-0.05, 0) is 25.8 Å². The van der Waals surface area contributed by atoms with Gasteiger partial charge in [-0.15, -0.1) is 0 Å². The van der Waals surface area contributed by atoms with Crippen molar-refractivity contribution >= 4 is 17.5 Å². The van der Waals surface area contributed by atoms with Crippen molar-refractivity contribution in [3.05, 3.63) is 41.0 Å². The maximum atomic E-state index is 14.8. The monoisotopic (exact) mass is 485 g/mol. The van der Waals surface area contributed by atoms with Crippen LogP contribution in [0, 0.1) is 12.7 Å². The third-order valence-corrected chi connectivity index (χ3v) is 5.60. The number of amides is 1. The van der Waals surface area contributed by atoms with Crippen LogP contribution in [0.2, 0.25) is 0 Å². The van der Waals surface area contributed by atoms with E-state index in [-0.39, 0.29) is 34.7 Å². The molecule has 3 rings (SSSR count). The molecule has 2 heterocycles. The highest BCUT2D eigenvalue weighted by atomic mass is 19.4. The van der Waals surface area contributed by atoms with E-state index in [2.05, 4.69) is 25.5 Å². The molecule has 12 heteroatoms. The van der Waals surface area contributed by atoms with E-state index in [0.29, 0.717) is 12.8 Å². The number of anilines is 2. The number of methoxy groups -OCH3 is 2. The predicted octanol–water partition coefficient (Wildman–Crippen LogP) is 3.54. The van der Waals surface area contributed by atoms with Crippen LogP contribution in [-0.4, -0.2) is 67.3 Å². The van der Waals surface area contributed by atoms with Crippen molar-refractivity contribution in [1.29, 1.82) is 0 Å². The van der Waals surface area contributed by atoms with Crippen molar-refractivity contribution in [2.45, 2.75) is 32.0 Å². The van der Waals surface area contributed by atoms with Crippen molar-refractivity contribution in [1.82, 2.24) is 20.2 Å². The second kappa shape index (κ2) is 11.0. The first-order valence-corrected chi connectivity index (χ1v) is 10.7. The first kappa shape index (κ1) is 25.6. The summed E-state index contributed by atoms with van der Waals surface area (Å²) in [6.07, 6.45) is -2.46. The molecule has 0 aliphatic carbocycles. The number of aryl methyl sites for hydroxylation is 1. The molecular weight excluding hydrogens is 458 g/mol. The van der Waals surface area contributed by atoms with Crippen LogP contribution >= 0.6 is 0 Å². The van der Waals surface area contributed by atoms with Crippen LogP contribution in [0.4, 0.5) is 29.2 Å². The van der Waals surface area contributed by atoms with Gasteiger partial charge in [-0.3, -0.25) is 4.79 Å². The highest BCUT2D eigenvalue weighted by Gasteiger charge is 2.33. The molecule has 0 bridgehead atoms. The standard InChI is InChI=1S/C22H27F4N5O3/c1-13-16(22(24,25)26)12-27-21(28-13)30-18-11-17(23)15(10-19(18)34-3)20(32)29-14-4-6-31(7-5-14)8-9-33-2/h10-12,14H,4-9H2,1-3H3,(H,29,32)(H,27,28,30). The number of hydrogen-bond acceptors (Lipinski definition) is 7. The number of ether oxygens (including phenoxy) is 2. The van der Waals surface area contributed by atoms with Crippen LogP contribution < -0.4 is 15.4 Å². The van der Waals surface area contributed by atoms with Gasteiger partial charge in [0.2, 0.25) is 5.95 Å². The van der Waals surface area contributed by atoms with Crippen LogP contribution in [0.3, 0.4) is 0 Å². The zero-order chi connectivity index (χ0) is 24.9. The number of carbonyl (C=O) groups excluding carboxylic acids is 1. The Morgan fingerprint density at radius 2 is 1.94 bits per heavy atom. The van der Waals surface area contributed by atoms with E-state index in [4.69, 9.17) is 9.47 Å². The second-order valence-electron chi connectivity index (χ2n) is 7.93. The lowest BCUT2D eigenvalue weighted by Crippen LogP contribution is -2.45. The number of nitrogens with one attached hydrogen (secondary N) is 2. The van der Waals surface area contributed by atoms with E-state index >= 15 is 0 Å². The Hall–Kier alpha value is -2.99. The molecule has 1 aliphatic rings. The van der Waals surface area contributed by atoms with E-state index in [1.807, 2.05) is 0 Å². The third-order valence-electron chi connectivity index (χ3n) is 5.60. The average Bonchev–Trinajstić information content (AvgIpc) is 2.78. The number of alkyl halides is 3. The molecule has 186 valence electrons.